The minimum Gasteiger partial charge on any atom is -0.737 e. The molecule has 1 fully saturated rings. The number of carbonyl (C=O) groups excluding carboxylic acids is 1. The first-order valence-electron chi connectivity index (χ1n) is 5.16. The van der Waals surface area contributed by atoms with Gasteiger partial charge >= 0.3 is 6.09 Å². The van der Waals surface area contributed by atoms with E-state index in [1.807, 2.05) is 6.92 Å². The highest BCUT2D eigenvalue weighted by Crippen LogP contribution is 2.04. The summed E-state index contributed by atoms with van der Waals surface area (Å²) in [6.45, 7) is 3.60. The number of rotatable bonds is 3. The molecule has 8 nitrogen and oxygen atoms in total. The number of amides is 1. The Morgan fingerprint density at radius 2 is 2.06 bits per heavy atom. The van der Waals surface area contributed by atoms with Gasteiger partial charge in [0, 0.05) is 18.1 Å². The molecule has 0 aliphatic carbocycles. The van der Waals surface area contributed by atoms with Crippen LogP contribution in [0.3, 0.4) is 0 Å². The Bertz CT molecular complexity index is 263. The Balaban J connectivity index is 2.34. The van der Waals surface area contributed by atoms with Gasteiger partial charge in [0.15, 0.2) is 0 Å². The van der Waals surface area contributed by atoms with E-state index in [0.717, 1.165) is 6.42 Å². The summed E-state index contributed by atoms with van der Waals surface area (Å²) in [5.74, 6) is 0. The van der Waals surface area contributed by atoms with Gasteiger partial charge in [0.2, 0.25) is 0 Å². The van der Waals surface area contributed by atoms with Crippen molar-refractivity contribution < 1.29 is 14.5 Å². The smallest absolute Gasteiger partial charge is 0.409 e. The average molecular weight is 231 g/mol. The standard InChI is InChI=1S/C8H16N4O4/c1-2-7-16-8(13)10-3-5-11(6-4-10)12(15)9-14/h14H,2-7H2,1H3/p-1/b12-9-. The van der Waals surface area contributed by atoms with Crippen molar-refractivity contribution in [2.24, 2.45) is 5.28 Å². The highest BCUT2D eigenvalue weighted by Gasteiger charge is 2.25. The summed E-state index contributed by atoms with van der Waals surface area (Å²) in [6, 6.07) is 0. The zero-order valence-corrected chi connectivity index (χ0v) is 9.16. The van der Waals surface area contributed by atoms with Crippen molar-refractivity contribution >= 4 is 6.09 Å². The lowest BCUT2D eigenvalue weighted by atomic mass is 10.4. The molecule has 0 aromatic rings. The Kier molecular flexibility index (Phi) is 4.62. The molecule has 8 heteroatoms. The van der Waals surface area contributed by atoms with Crippen molar-refractivity contribution in [1.82, 2.24) is 9.91 Å². The maximum absolute atomic E-state index is 11.4. The maximum atomic E-state index is 11.4. The predicted octanol–water partition coefficient (Wildman–Crippen LogP) is 0.526. The Morgan fingerprint density at radius 3 is 2.56 bits per heavy atom. The van der Waals surface area contributed by atoms with Gasteiger partial charge in [0.1, 0.15) is 0 Å². The van der Waals surface area contributed by atoms with Gasteiger partial charge in [-0.05, 0) is 11.7 Å². The van der Waals surface area contributed by atoms with Crippen molar-refractivity contribution in [3.63, 3.8) is 0 Å². The number of hydrazine groups is 1. The van der Waals surface area contributed by atoms with Crippen LogP contribution in [0.25, 0.3) is 0 Å². The molecule has 0 aromatic carbocycles. The zero-order valence-electron chi connectivity index (χ0n) is 9.16. The molecule has 0 spiro atoms. The van der Waals surface area contributed by atoms with Crippen molar-refractivity contribution in [2.75, 3.05) is 32.8 Å². The molecule has 0 saturated carbocycles. The van der Waals surface area contributed by atoms with Crippen LogP contribution < -0.4 is 0 Å². The molecule has 1 saturated heterocycles. The van der Waals surface area contributed by atoms with Gasteiger partial charge in [-0.2, -0.15) is 0 Å². The molecular formula is C8H15N4O4-. The van der Waals surface area contributed by atoms with Crippen molar-refractivity contribution in [3.8, 4) is 0 Å². The fourth-order valence-electron chi connectivity index (χ4n) is 1.38. The molecule has 0 N–H and O–H groups in total. The highest BCUT2D eigenvalue weighted by molar-refractivity contribution is 5.67. The van der Waals surface area contributed by atoms with Gasteiger partial charge in [0.25, 0.3) is 0 Å². The van der Waals surface area contributed by atoms with Crippen LogP contribution in [0.2, 0.25) is 0 Å². The van der Waals surface area contributed by atoms with E-state index in [4.69, 9.17) is 4.74 Å². The van der Waals surface area contributed by atoms with Gasteiger partial charge in [-0.3, -0.25) is 0 Å². The lowest BCUT2D eigenvalue weighted by molar-refractivity contribution is -0.692. The van der Waals surface area contributed by atoms with Gasteiger partial charge < -0.3 is 20.1 Å². The summed E-state index contributed by atoms with van der Waals surface area (Å²) in [4.78, 5) is 12.9. The van der Waals surface area contributed by atoms with Crippen LogP contribution in [0.5, 0.6) is 0 Å². The van der Waals surface area contributed by atoms with Crippen molar-refractivity contribution in [3.05, 3.63) is 10.4 Å². The van der Waals surface area contributed by atoms with Gasteiger partial charge in [-0.1, -0.05) is 6.92 Å². The fraction of sp³-hybridized carbons (Fsp3) is 0.875. The first-order valence-corrected chi connectivity index (χ1v) is 5.16. The normalized spacial score (nSPS) is 17.4. The average Bonchev–Trinajstić information content (AvgIpc) is 2.35. The lowest BCUT2D eigenvalue weighted by Crippen LogP contribution is -2.50. The largest absolute Gasteiger partial charge is 0.737 e. The van der Waals surface area contributed by atoms with Gasteiger partial charge in [-0.25, -0.2) is 4.79 Å². The second-order valence-electron chi connectivity index (χ2n) is 3.39. The topological polar surface area (TPSA) is 94.3 Å². The van der Waals surface area contributed by atoms with Crippen LogP contribution in [-0.2, 0) is 4.74 Å². The number of piperazine rings is 1. The third kappa shape index (κ3) is 3.14. The molecular weight excluding hydrogens is 216 g/mol. The second kappa shape index (κ2) is 5.99. The molecule has 0 radical (unpaired) electrons. The number of nitrogens with zero attached hydrogens (tertiary/aromatic N) is 4. The van der Waals surface area contributed by atoms with Crippen LogP contribution in [0, 0.1) is 10.4 Å². The van der Waals surface area contributed by atoms with E-state index >= 15 is 0 Å². The minimum absolute atomic E-state index is 0.00865. The molecule has 0 bridgehead atoms. The van der Waals surface area contributed by atoms with Gasteiger partial charge in [0.05, 0.1) is 19.7 Å². The van der Waals surface area contributed by atoms with Crippen LogP contribution in [0.4, 0.5) is 4.79 Å². The summed E-state index contributed by atoms with van der Waals surface area (Å²) in [6.07, 6.45) is 0.396. The van der Waals surface area contributed by atoms with E-state index < -0.39 is 0 Å². The first-order chi connectivity index (χ1) is 7.69. The van der Waals surface area contributed by atoms with Crippen molar-refractivity contribution in [1.29, 1.82) is 0 Å². The fourth-order valence-corrected chi connectivity index (χ4v) is 1.38. The van der Waals surface area contributed by atoms with Crippen LogP contribution in [0.15, 0.2) is 5.28 Å². The zero-order chi connectivity index (χ0) is 12.0. The van der Waals surface area contributed by atoms with Crippen molar-refractivity contribution in [2.45, 2.75) is 13.3 Å². The molecule has 1 heterocycles. The summed E-state index contributed by atoms with van der Waals surface area (Å²) in [5.41, 5.74) is 0. The Morgan fingerprint density at radius 1 is 1.44 bits per heavy atom. The molecule has 1 rings (SSSR count). The summed E-state index contributed by atoms with van der Waals surface area (Å²) in [5, 5.41) is 24.3. The van der Waals surface area contributed by atoms with Crippen LogP contribution in [0.1, 0.15) is 13.3 Å². The van der Waals surface area contributed by atoms with E-state index in [9.17, 15) is 15.2 Å². The lowest BCUT2D eigenvalue weighted by Gasteiger charge is -2.31. The van der Waals surface area contributed by atoms with E-state index in [2.05, 4.69) is 5.28 Å². The van der Waals surface area contributed by atoms with E-state index in [-0.39, 0.29) is 24.2 Å². The minimum atomic E-state index is -0.377. The second-order valence-corrected chi connectivity index (χ2v) is 3.39. The maximum Gasteiger partial charge on any atom is 0.409 e. The quantitative estimate of drug-likeness (QED) is 0.401. The first kappa shape index (κ1) is 12.3. The SMILES string of the molecule is CCCOC(=O)N1CCN(/[N+]([O-])=N/[O-])CC1. The number of hydrogen-bond donors (Lipinski definition) is 0. The summed E-state index contributed by atoms with van der Waals surface area (Å²) < 4.78 is 4.94. The molecule has 1 aliphatic rings. The number of hydrogen-bond acceptors (Lipinski definition) is 5. The molecule has 16 heavy (non-hydrogen) atoms. The number of ether oxygens (including phenoxy) is 1. The third-order valence-electron chi connectivity index (χ3n) is 2.26. The highest BCUT2D eigenvalue weighted by atomic mass is 16.6. The van der Waals surface area contributed by atoms with Gasteiger partial charge in [-0.15, -0.1) is 5.01 Å². The van der Waals surface area contributed by atoms with E-state index in [1.54, 1.807) is 0 Å². The molecule has 0 aromatic heterocycles. The van der Waals surface area contributed by atoms with E-state index in [0.29, 0.717) is 19.7 Å². The molecule has 1 amide bonds. The third-order valence-corrected chi connectivity index (χ3v) is 2.26. The molecule has 0 unspecified atom stereocenters. The summed E-state index contributed by atoms with van der Waals surface area (Å²) in [7, 11) is 0. The summed E-state index contributed by atoms with van der Waals surface area (Å²) >= 11 is 0. The Labute approximate surface area is 93.2 Å². The monoisotopic (exact) mass is 231 g/mol. The molecule has 0 atom stereocenters. The number of carbonyl (C=O) groups is 1. The predicted molar refractivity (Wildman–Crippen MR) is 54.2 cm³/mol. The molecule has 92 valence electrons. The van der Waals surface area contributed by atoms with Crippen LogP contribution >= 0.6 is 0 Å². The molecule has 1 aliphatic heterocycles. The Hall–Kier alpha value is -1.73. The van der Waals surface area contributed by atoms with Crippen LogP contribution in [-0.4, -0.2) is 53.8 Å². The van der Waals surface area contributed by atoms with E-state index in [1.165, 1.54) is 9.91 Å².